The third-order valence-corrected chi connectivity index (χ3v) is 10.3. The number of imidazole rings is 1. The molecule has 5 aromatic rings. The molecule has 3 N–H and O–H groups in total. The van der Waals surface area contributed by atoms with Gasteiger partial charge in [0, 0.05) is 68.3 Å². The molecule has 4 aromatic heterocycles. The third kappa shape index (κ3) is 5.38. The van der Waals surface area contributed by atoms with E-state index in [0.29, 0.717) is 54.6 Å². The standard InChI is InChI=1S/C36H40N10O2/c37-33-28(2-1-14-38-33)34-40-30-9-10-31(45-17-13-32(42-45)43-18-20-48-21-19-43)41-35(30)46(34)26-6-7-27-24(22-26)5-8-29(27)39-25-11-15-44(16-12-25)36(47)23-3-4-23/h1-2,6-7,9-10,13-14,17,22-23,25,29,39H,3-5,8,11-12,15-16,18-21H2,(H2,37,38). The molecule has 0 bridgehead atoms. The van der Waals surface area contributed by atoms with E-state index in [4.69, 9.17) is 25.5 Å². The predicted octanol–water partition coefficient (Wildman–Crippen LogP) is 4.06. The average molecular weight is 645 g/mol. The van der Waals surface area contributed by atoms with E-state index in [2.05, 4.69) is 42.9 Å². The number of ether oxygens (including phenoxy) is 1. The number of anilines is 2. The van der Waals surface area contributed by atoms with Crippen molar-refractivity contribution in [1.29, 1.82) is 0 Å². The van der Waals surface area contributed by atoms with Crippen molar-refractivity contribution >= 4 is 28.7 Å². The quantitative estimate of drug-likeness (QED) is 0.269. The molecule has 2 saturated heterocycles. The Balaban J connectivity index is 1.03. The highest BCUT2D eigenvalue weighted by molar-refractivity contribution is 5.83. The molecular formula is C36H40N10O2. The number of likely N-dealkylation sites (tertiary alicyclic amines) is 1. The van der Waals surface area contributed by atoms with Gasteiger partial charge in [0.2, 0.25) is 5.91 Å². The van der Waals surface area contributed by atoms with E-state index in [-0.39, 0.29) is 0 Å². The lowest BCUT2D eigenvalue weighted by atomic mass is 10.0. The number of nitrogens with two attached hydrogens (primary N) is 1. The summed E-state index contributed by atoms with van der Waals surface area (Å²) in [5.41, 5.74) is 12.3. The highest BCUT2D eigenvalue weighted by Gasteiger charge is 2.35. The van der Waals surface area contributed by atoms with Crippen molar-refractivity contribution in [3.63, 3.8) is 0 Å². The van der Waals surface area contributed by atoms with Crippen LogP contribution in [-0.2, 0) is 16.0 Å². The number of aromatic nitrogens is 6. The van der Waals surface area contributed by atoms with Crippen LogP contribution in [0, 0.1) is 5.92 Å². The Kier molecular flexibility index (Phi) is 7.34. The second-order valence-corrected chi connectivity index (χ2v) is 13.5. The van der Waals surface area contributed by atoms with Crippen LogP contribution >= 0.6 is 0 Å². The lowest BCUT2D eigenvalue weighted by Crippen LogP contribution is -2.46. The normalized spacial score (nSPS) is 20.0. The number of nitrogen functional groups attached to an aromatic ring is 1. The van der Waals surface area contributed by atoms with Gasteiger partial charge in [-0.3, -0.25) is 9.36 Å². The number of hydrogen-bond acceptors (Lipinski definition) is 9. The molecule has 1 amide bonds. The van der Waals surface area contributed by atoms with Crippen molar-refractivity contribution in [2.75, 3.05) is 50.0 Å². The topological polar surface area (TPSA) is 132 Å². The highest BCUT2D eigenvalue weighted by Crippen LogP contribution is 2.37. The van der Waals surface area contributed by atoms with E-state index in [1.807, 2.05) is 41.2 Å². The van der Waals surface area contributed by atoms with Crippen molar-refractivity contribution < 1.29 is 9.53 Å². The molecule has 0 spiro atoms. The number of nitrogens with one attached hydrogen (secondary N) is 1. The van der Waals surface area contributed by atoms with Crippen LogP contribution in [0.15, 0.2) is 60.9 Å². The molecule has 12 heteroatoms. The van der Waals surface area contributed by atoms with E-state index in [0.717, 1.165) is 92.9 Å². The predicted molar refractivity (Wildman–Crippen MR) is 183 cm³/mol. The molecule has 246 valence electrons. The summed E-state index contributed by atoms with van der Waals surface area (Å²) in [4.78, 5) is 31.4. The molecule has 0 radical (unpaired) electrons. The van der Waals surface area contributed by atoms with Gasteiger partial charge in [-0.05, 0) is 86.1 Å². The Hall–Kier alpha value is -4.81. The number of nitrogens with zero attached hydrogens (tertiary/aromatic N) is 8. The van der Waals surface area contributed by atoms with Crippen molar-refractivity contribution in [3.05, 3.63) is 72.1 Å². The number of carbonyl (C=O) groups is 1. The summed E-state index contributed by atoms with van der Waals surface area (Å²) in [6, 6.07) is 17.3. The first-order chi connectivity index (χ1) is 23.6. The van der Waals surface area contributed by atoms with Crippen LogP contribution in [0.2, 0.25) is 0 Å². The second kappa shape index (κ2) is 12.0. The average Bonchev–Trinajstić information content (AvgIpc) is 3.54. The molecule has 1 unspecified atom stereocenters. The number of aryl methyl sites for hydroxylation is 1. The van der Waals surface area contributed by atoms with Gasteiger partial charge in [-0.1, -0.05) is 6.07 Å². The lowest BCUT2D eigenvalue weighted by molar-refractivity contribution is -0.133. The maximum Gasteiger partial charge on any atom is 0.225 e. The van der Waals surface area contributed by atoms with Gasteiger partial charge in [0.1, 0.15) is 11.3 Å². The van der Waals surface area contributed by atoms with Crippen molar-refractivity contribution in [2.24, 2.45) is 5.92 Å². The van der Waals surface area contributed by atoms with E-state index in [1.54, 1.807) is 6.20 Å². The van der Waals surface area contributed by atoms with Crippen LogP contribution < -0.4 is 16.0 Å². The van der Waals surface area contributed by atoms with Gasteiger partial charge in [0.05, 0.1) is 18.8 Å². The summed E-state index contributed by atoms with van der Waals surface area (Å²) < 4.78 is 9.45. The third-order valence-electron chi connectivity index (χ3n) is 10.3. The van der Waals surface area contributed by atoms with Crippen molar-refractivity contribution in [2.45, 2.75) is 50.6 Å². The minimum atomic E-state index is 0.300. The van der Waals surface area contributed by atoms with Gasteiger partial charge in [-0.25, -0.2) is 19.6 Å². The van der Waals surface area contributed by atoms with Crippen LogP contribution in [0.3, 0.4) is 0 Å². The van der Waals surface area contributed by atoms with Crippen LogP contribution in [-0.4, -0.2) is 85.5 Å². The van der Waals surface area contributed by atoms with E-state index in [1.165, 1.54) is 11.1 Å². The Morgan fingerprint density at radius 3 is 2.58 bits per heavy atom. The van der Waals surface area contributed by atoms with Gasteiger partial charge < -0.3 is 25.6 Å². The molecule has 12 nitrogen and oxygen atoms in total. The Bertz CT molecular complexity index is 1980. The number of piperidine rings is 1. The number of carbonyl (C=O) groups excluding carboxylic acids is 1. The summed E-state index contributed by atoms with van der Waals surface area (Å²) in [5.74, 6) is 3.42. The largest absolute Gasteiger partial charge is 0.383 e. The number of pyridine rings is 2. The summed E-state index contributed by atoms with van der Waals surface area (Å²) in [6.07, 6.45) is 9.87. The zero-order valence-electron chi connectivity index (χ0n) is 27.0. The molecule has 2 aliphatic heterocycles. The monoisotopic (exact) mass is 644 g/mol. The first-order valence-corrected chi connectivity index (χ1v) is 17.3. The van der Waals surface area contributed by atoms with Crippen LogP contribution in [0.1, 0.15) is 49.3 Å². The van der Waals surface area contributed by atoms with E-state index < -0.39 is 0 Å². The number of amides is 1. The summed E-state index contributed by atoms with van der Waals surface area (Å²) >= 11 is 0. The summed E-state index contributed by atoms with van der Waals surface area (Å²) in [7, 11) is 0. The lowest BCUT2D eigenvalue weighted by Gasteiger charge is -2.34. The number of rotatable bonds is 7. The van der Waals surface area contributed by atoms with Crippen molar-refractivity contribution in [3.8, 4) is 22.9 Å². The van der Waals surface area contributed by atoms with Crippen LogP contribution in [0.25, 0.3) is 34.1 Å². The molecular weight excluding hydrogens is 604 g/mol. The van der Waals surface area contributed by atoms with Crippen LogP contribution in [0.4, 0.5) is 11.6 Å². The molecule has 3 fully saturated rings. The van der Waals surface area contributed by atoms with Crippen molar-refractivity contribution in [1.82, 2.24) is 39.5 Å². The van der Waals surface area contributed by atoms with Gasteiger partial charge in [0.15, 0.2) is 23.1 Å². The molecule has 1 atom stereocenters. The molecule has 9 rings (SSSR count). The number of fused-ring (bicyclic) bond motifs is 2. The number of benzene rings is 1. The number of morpholine rings is 1. The second-order valence-electron chi connectivity index (χ2n) is 13.5. The molecule has 1 saturated carbocycles. The fraction of sp³-hybridized carbons (Fsp3) is 0.417. The van der Waals surface area contributed by atoms with E-state index >= 15 is 0 Å². The zero-order chi connectivity index (χ0) is 32.2. The molecule has 6 heterocycles. The first-order valence-electron chi connectivity index (χ1n) is 17.3. The van der Waals surface area contributed by atoms with E-state index in [9.17, 15) is 4.79 Å². The van der Waals surface area contributed by atoms with Gasteiger partial charge in [-0.15, -0.1) is 5.10 Å². The Labute approximate surface area is 278 Å². The fourth-order valence-corrected chi connectivity index (χ4v) is 7.57. The summed E-state index contributed by atoms with van der Waals surface area (Å²) in [5, 5.41) is 8.80. The Morgan fingerprint density at radius 1 is 0.917 bits per heavy atom. The zero-order valence-corrected chi connectivity index (χ0v) is 27.0. The summed E-state index contributed by atoms with van der Waals surface area (Å²) in [6.45, 7) is 4.78. The minimum Gasteiger partial charge on any atom is -0.383 e. The molecule has 48 heavy (non-hydrogen) atoms. The van der Waals surface area contributed by atoms with Gasteiger partial charge in [0.25, 0.3) is 0 Å². The first kappa shape index (κ1) is 29.3. The SMILES string of the molecule is Nc1ncccc1-c1nc2ccc(-n3ccc(N4CCOCC4)n3)nc2n1-c1ccc2c(c1)CCC2NC1CCN(C(=O)C2CC2)CC1. The highest BCUT2D eigenvalue weighted by atomic mass is 16.5. The van der Waals surface area contributed by atoms with Gasteiger partial charge >= 0.3 is 0 Å². The number of hydrogen-bond donors (Lipinski definition) is 2. The molecule has 4 aliphatic rings. The maximum atomic E-state index is 12.5. The van der Waals surface area contributed by atoms with Crippen LogP contribution in [0.5, 0.6) is 0 Å². The Morgan fingerprint density at radius 2 is 1.77 bits per heavy atom. The minimum absolute atomic E-state index is 0.300. The fourth-order valence-electron chi connectivity index (χ4n) is 7.57. The molecule has 2 aliphatic carbocycles. The molecule has 1 aromatic carbocycles. The maximum absolute atomic E-state index is 12.5. The smallest absolute Gasteiger partial charge is 0.225 e. The van der Waals surface area contributed by atoms with Gasteiger partial charge in [-0.2, -0.15) is 0 Å².